The fourth-order valence-electron chi connectivity index (χ4n) is 2.17. The summed E-state index contributed by atoms with van der Waals surface area (Å²) in [6.45, 7) is 6.86. The highest BCUT2D eigenvalue weighted by molar-refractivity contribution is 14.1. The van der Waals surface area contributed by atoms with Crippen molar-refractivity contribution in [1.29, 1.82) is 0 Å². The first-order chi connectivity index (χ1) is 7.72. The first-order valence-electron chi connectivity index (χ1n) is 6.50. The van der Waals surface area contributed by atoms with E-state index in [1.165, 1.54) is 25.7 Å². The number of ether oxygens (including phenoxy) is 2. The molecule has 0 amide bonds. The van der Waals surface area contributed by atoms with Crippen LogP contribution in [0.2, 0.25) is 0 Å². The third-order valence-corrected chi connectivity index (χ3v) is 4.80. The first kappa shape index (κ1) is 14.7. The van der Waals surface area contributed by atoms with E-state index in [4.69, 9.17) is 9.47 Å². The third-order valence-electron chi connectivity index (χ3n) is 3.41. The standard InChI is InChI=1S/C13H25IO2/c1-3-8-15-9-10-16-13(11-14)6-4-12(2)5-7-13/h12H,3-11H2,1-2H3. The van der Waals surface area contributed by atoms with Crippen molar-refractivity contribution in [2.24, 2.45) is 5.92 Å². The Morgan fingerprint density at radius 1 is 1.19 bits per heavy atom. The topological polar surface area (TPSA) is 18.5 Å². The van der Waals surface area contributed by atoms with Gasteiger partial charge in [-0.25, -0.2) is 0 Å². The van der Waals surface area contributed by atoms with Gasteiger partial charge in [0.1, 0.15) is 0 Å². The van der Waals surface area contributed by atoms with Crippen molar-refractivity contribution in [3.05, 3.63) is 0 Å². The van der Waals surface area contributed by atoms with Gasteiger partial charge in [-0.2, -0.15) is 0 Å². The fraction of sp³-hybridized carbons (Fsp3) is 1.00. The summed E-state index contributed by atoms with van der Waals surface area (Å²) < 4.78 is 12.7. The maximum Gasteiger partial charge on any atom is 0.0772 e. The van der Waals surface area contributed by atoms with E-state index in [-0.39, 0.29) is 5.60 Å². The molecule has 0 aromatic rings. The van der Waals surface area contributed by atoms with Gasteiger partial charge in [0.05, 0.1) is 18.8 Å². The van der Waals surface area contributed by atoms with Gasteiger partial charge in [0.15, 0.2) is 0 Å². The highest BCUT2D eigenvalue weighted by atomic mass is 127. The van der Waals surface area contributed by atoms with E-state index in [0.29, 0.717) is 0 Å². The third kappa shape index (κ3) is 4.88. The molecule has 0 aliphatic heterocycles. The Morgan fingerprint density at radius 2 is 1.88 bits per heavy atom. The van der Waals surface area contributed by atoms with Crippen LogP contribution in [0, 0.1) is 5.92 Å². The second-order valence-corrected chi connectivity index (χ2v) is 5.72. The molecule has 0 unspecified atom stereocenters. The summed E-state index contributed by atoms with van der Waals surface area (Å²) in [5.74, 6) is 0.885. The molecule has 3 heteroatoms. The molecule has 0 atom stereocenters. The maximum atomic E-state index is 6.08. The van der Waals surface area contributed by atoms with Gasteiger partial charge in [-0.15, -0.1) is 0 Å². The zero-order chi connectivity index (χ0) is 11.9. The average molecular weight is 340 g/mol. The molecule has 0 aromatic carbocycles. The van der Waals surface area contributed by atoms with Crippen LogP contribution in [0.25, 0.3) is 0 Å². The molecule has 16 heavy (non-hydrogen) atoms. The largest absolute Gasteiger partial charge is 0.379 e. The van der Waals surface area contributed by atoms with Crippen LogP contribution >= 0.6 is 22.6 Å². The smallest absolute Gasteiger partial charge is 0.0772 e. The number of hydrogen-bond acceptors (Lipinski definition) is 2. The lowest BCUT2D eigenvalue weighted by Gasteiger charge is -2.38. The highest BCUT2D eigenvalue weighted by Gasteiger charge is 2.33. The lowest BCUT2D eigenvalue weighted by atomic mass is 9.80. The van der Waals surface area contributed by atoms with E-state index in [2.05, 4.69) is 36.4 Å². The molecule has 1 saturated carbocycles. The summed E-state index contributed by atoms with van der Waals surface area (Å²) in [5, 5.41) is 0. The summed E-state index contributed by atoms with van der Waals surface area (Å²) in [6, 6.07) is 0. The predicted molar refractivity (Wildman–Crippen MR) is 76.3 cm³/mol. The Balaban J connectivity index is 2.20. The maximum absolute atomic E-state index is 6.08. The molecular formula is C13H25IO2. The molecule has 96 valence electrons. The monoisotopic (exact) mass is 340 g/mol. The van der Waals surface area contributed by atoms with E-state index in [0.717, 1.165) is 36.6 Å². The van der Waals surface area contributed by atoms with E-state index in [9.17, 15) is 0 Å². The number of rotatable bonds is 7. The molecule has 0 radical (unpaired) electrons. The second kappa shape index (κ2) is 7.88. The molecule has 1 aliphatic carbocycles. The summed E-state index contributed by atoms with van der Waals surface area (Å²) in [7, 11) is 0. The summed E-state index contributed by atoms with van der Waals surface area (Å²) in [6.07, 6.45) is 6.18. The van der Waals surface area contributed by atoms with Crippen LogP contribution in [-0.2, 0) is 9.47 Å². The molecule has 0 aromatic heterocycles. The second-order valence-electron chi connectivity index (χ2n) is 4.96. The first-order valence-corrected chi connectivity index (χ1v) is 8.02. The minimum absolute atomic E-state index is 0.155. The van der Waals surface area contributed by atoms with E-state index in [1.807, 2.05) is 0 Å². The zero-order valence-electron chi connectivity index (χ0n) is 10.6. The lowest BCUT2D eigenvalue weighted by Crippen LogP contribution is -2.39. The Morgan fingerprint density at radius 3 is 2.44 bits per heavy atom. The lowest BCUT2D eigenvalue weighted by molar-refractivity contribution is -0.0765. The summed E-state index contributed by atoms with van der Waals surface area (Å²) in [5.41, 5.74) is 0.155. The minimum Gasteiger partial charge on any atom is -0.379 e. The van der Waals surface area contributed by atoms with Gasteiger partial charge < -0.3 is 9.47 Å². The van der Waals surface area contributed by atoms with Crippen molar-refractivity contribution in [2.75, 3.05) is 24.2 Å². The molecule has 0 spiro atoms. The molecular weight excluding hydrogens is 315 g/mol. The van der Waals surface area contributed by atoms with Crippen molar-refractivity contribution in [2.45, 2.75) is 51.6 Å². The highest BCUT2D eigenvalue weighted by Crippen LogP contribution is 2.36. The van der Waals surface area contributed by atoms with Gasteiger partial charge in [-0.3, -0.25) is 0 Å². The van der Waals surface area contributed by atoms with Crippen LogP contribution in [0.1, 0.15) is 46.0 Å². The van der Waals surface area contributed by atoms with Crippen LogP contribution in [-0.4, -0.2) is 29.8 Å². The Labute approximate surface area is 114 Å². The van der Waals surface area contributed by atoms with Crippen LogP contribution in [0.4, 0.5) is 0 Å². The number of halogens is 1. The minimum atomic E-state index is 0.155. The van der Waals surface area contributed by atoms with Crippen molar-refractivity contribution >= 4 is 22.6 Å². The van der Waals surface area contributed by atoms with Crippen molar-refractivity contribution < 1.29 is 9.47 Å². The van der Waals surface area contributed by atoms with E-state index >= 15 is 0 Å². The van der Waals surface area contributed by atoms with Crippen LogP contribution in [0.3, 0.4) is 0 Å². The van der Waals surface area contributed by atoms with E-state index < -0.39 is 0 Å². The summed E-state index contributed by atoms with van der Waals surface area (Å²) >= 11 is 2.47. The van der Waals surface area contributed by atoms with Gasteiger partial charge in [-0.05, 0) is 38.0 Å². The Hall–Kier alpha value is 0.650. The van der Waals surface area contributed by atoms with E-state index in [1.54, 1.807) is 0 Å². The molecule has 1 fully saturated rings. The van der Waals surface area contributed by atoms with Gasteiger partial charge in [0, 0.05) is 11.0 Å². The van der Waals surface area contributed by atoms with Crippen LogP contribution in [0.5, 0.6) is 0 Å². The van der Waals surface area contributed by atoms with Crippen molar-refractivity contribution in [1.82, 2.24) is 0 Å². The van der Waals surface area contributed by atoms with Gasteiger partial charge in [0.2, 0.25) is 0 Å². The molecule has 0 bridgehead atoms. The fourth-order valence-corrected chi connectivity index (χ4v) is 3.15. The summed E-state index contributed by atoms with van der Waals surface area (Å²) in [4.78, 5) is 0. The SMILES string of the molecule is CCCOCCOC1(CI)CCC(C)CC1. The van der Waals surface area contributed by atoms with Gasteiger partial charge >= 0.3 is 0 Å². The Kier molecular flexibility index (Phi) is 7.24. The number of hydrogen-bond donors (Lipinski definition) is 0. The molecule has 0 saturated heterocycles. The van der Waals surface area contributed by atoms with Gasteiger partial charge in [-0.1, -0.05) is 36.4 Å². The van der Waals surface area contributed by atoms with Crippen molar-refractivity contribution in [3.8, 4) is 0 Å². The average Bonchev–Trinajstić information content (AvgIpc) is 2.32. The molecule has 1 rings (SSSR count). The van der Waals surface area contributed by atoms with Crippen LogP contribution < -0.4 is 0 Å². The molecule has 2 nitrogen and oxygen atoms in total. The normalized spacial score (nSPS) is 30.6. The van der Waals surface area contributed by atoms with Gasteiger partial charge in [0.25, 0.3) is 0 Å². The zero-order valence-corrected chi connectivity index (χ0v) is 12.8. The number of alkyl halides is 1. The van der Waals surface area contributed by atoms with Crippen LogP contribution in [0.15, 0.2) is 0 Å². The quantitative estimate of drug-likeness (QED) is 0.399. The predicted octanol–water partition coefficient (Wildman–Crippen LogP) is 3.81. The molecule has 0 N–H and O–H groups in total. The molecule has 1 aliphatic rings. The Bertz CT molecular complexity index is 177. The molecule has 0 heterocycles. The van der Waals surface area contributed by atoms with Crippen molar-refractivity contribution in [3.63, 3.8) is 0 Å².